The zero-order valence-corrected chi connectivity index (χ0v) is 8.47. The Morgan fingerprint density at radius 2 is 2.09 bits per heavy atom. The van der Waals surface area contributed by atoms with Crippen LogP contribution in [0.25, 0.3) is 0 Å². The molecular formula is C9H12S2. The largest absolute Gasteiger partial charge is 0.0924 e. The van der Waals surface area contributed by atoms with Crippen LogP contribution in [0.5, 0.6) is 0 Å². The van der Waals surface area contributed by atoms with Crippen LogP contribution in [-0.2, 0) is 0 Å². The summed E-state index contributed by atoms with van der Waals surface area (Å²) in [7, 11) is 3.62. The average Bonchev–Trinajstić information content (AvgIpc) is 2.17. The molecule has 60 valence electrons. The van der Waals surface area contributed by atoms with Gasteiger partial charge in [0.2, 0.25) is 0 Å². The Balaban J connectivity index is 2.58. The first-order chi connectivity index (χ1) is 5.33. The molecule has 0 bridgehead atoms. The second-order valence-electron chi connectivity index (χ2n) is 2.37. The summed E-state index contributed by atoms with van der Waals surface area (Å²) in [4.78, 5) is 1.37. The van der Waals surface area contributed by atoms with E-state index in [1.54, 1.807) is 10.8 Å². The third-order valence-electron chi connectivity index (χ3n) is 1.45. The van der Waals surface area contributed by atoms with Crippen molar-refractivity contribution < 1.29 is 0 Å². The minimum absolute atomic E-state index is 1.07. The highest BCUT2D eigenvalue weighted by molar-refractivity contribution is 8.78. The fourth-order valence-electron chi connectivity index (χ4n) is 0.869. The standard InChI is InChI=1S/C9H12S2/c1-8-4-3-5-9(7-6-8)11-10-2/h4-7H,3H2,1-2H3. The van der Waals surface area contributed by atoms with Crippen molar-refractivity contribution in [1.82, 2.24) is 0 Å². The van der Waals surface area contributed by atoms with Crippen LogP contribution in [-0.4, -0.2) is 6.26 Å². The number of hydrogen-bond donors (Lipinski definition) is 0. The molecule has 0 amide bonds. The van der Waals surface area contributed by atoms with Gasteiger partial charge < -0.3 is 0 Å². The summed E-state index contributed by atoms with van der Waals surface area (Å²) < 4.78 is 0. The second-order valence-corrected chi connectivity index (χ2v) is 4.85. The highest BCUT2D eigenvalue weighted by Crippen LogP contribution is 2.29. The van der Waals surface area contributed by atoms with Crippen LogP contribution in [0.15, 0.2) is 34.8 Å². The second kappa shape index (κ2) is 4.73. The van der Waals surface area contributed by atoms with Gasteiger partial charge in [-0.3, -0.25) is 0 Å². The van der Waals surface area contributed by atoms with Crippen molar-refractivity contribution in [1.29, 1.82) is 0 Å². The lowest BCUT2D eigenvalue weighted by molar-refractivity contribution is 1.35. The monoisotopic (exact) mass is 184 g/mol. The first-order valence-corrected chi connectivity index (χ1v) is 6.14. The molecule has 0 aromatic rings. The summed E-state index contributed by atoms with van der Waals surface area (Å²) in [6, 6.07) is 0. The molecule has 0 saturated heterocycles. The Bertz CT molecular complexity index is 212. The number of hydrogen-bond acceptors (Lipinski definition) is 2. The molecule has 0 heterocycles. The zero-order valence-electron chi connectivity index (χ0n) is 6.83. The van der Waals surface area contributed by atoms with Crippen molar-refractivity contribution in [3.8, 4) is 0 Å². The van der Waals surface area contributed by atoms with E-state index in [2.05, 4.69) is 37.5 Å². The first kappa shape index (κ1) is 9.01. The smallest absolute Gasteiger partial charge is 0.0146 e. The van der Waals surface area contributed by atoms with Crippen LogP contribution < -0.4 is 0 Å². The Kier molecular flexibility index (Phi) is 3.87. The Labute approximate surface area is 76.2 Å². The molecule has 0 saturated carbocycles. The van der Waals surface area contributed by atoms with Crippen molar-refractivity contribution in [2.24, 2.45) is 0 Å². The summed E-state index contributed by atoms with van der Waals surface area (Å²) >= 11 is 0. The molecule has 0 fully saturated rings. The molecule has 0 N–H and O–H groups in total. The minimum atomic E-state index is 1.07. The highest BCUT2D eigenvalue weighted by Gasteiger charge is 1.94. The van der Waals surface area contributed by atoms with Gasteiger partial charge in [-0.25, -0.2) is 0 Å². The van der Waals surface area contributed by atoms with Gasteiger partial charge in [0.1, 0.15) is 0 Å². The SMILES string of the molecule is CSSC1=CCC=C(C)C=C1. The molecule has 0 nitrogen and oxygen atoms in total. The van der Waals surface area contributed by atoms with Crippen molar-refractivity contribution in [3.05, 3.63) is 34.8 Å². The van der Waals surface area contributed by atoms with Gasteiger partial charge in [-0.05, 0) is 25.7 Å². The van der Waals surface area contributed by atoms with E-state index < -0.39 is 0 Å². The summed E-state index contributed by atoms with van der Waals surface area (Å²) in [5, 5.41) is 0. The molecule has 0 spiro atoms. The van der Waals surface area contributed by atoms with Gasteiger partial charge in [0.15, 0.2) is 0 Å². The predicted octanol–water partition coefficient (Wildman–Crippen LogP) is 3.79. The van der Waals surface area contributed by atoms with E-state index in [1.165, 1.54) is 10.5 Å². The van der Waals surface area contributed by atoms with E-state index in [0.29, 0.717) is 0 Å². The van der Waals surface area contributed by atoms with Crippen LogP contribution in [0.1, 0.15) is 13.3 Å². The summed E-state index contributed by atoms with van der Waals surface area (Å²) in [5.74, 6) is 0. The Morgan fingerprint density at radius 1 is 1.27 bits per heavy atom. The van der Waals surface area contributed by atoms with Crippen LogP contribution in [0, 0.1) is 0 Å². The molecule has 0 aromatic heterocycles. The quantitative estimate of drug-likeness (QED) is 0.599. The minimum Gasteiger partial charge on any atom is -0.0924 e. The molecule has 0 unspecified atom stereocenters. The molecule has 1 aliphatic carbocycles. The van der Waals surface area contributed by atoms with E-state index in [0.717, 1.165) is 6.42 Å². The fourth-order valence-corrected chi connectivity index (χ4v) is 2.30. The lowest BCUT2D eigenvalue weighted by atomic mass is 10.2. The van der Waals surface area contributed by atoms with E-state index in [9.17, 15) is 0 Å². The van der Waals surface area contributed by atoms with Crippen LogP contribution >= 0.6 is 21.6 Å². The third-order valence-corrected chi connectivity index (χ3v) is 3.19. The number of rotatable bonds is 2. The summed E-state index contributed by atoms with van der Waals surface area (Å²) in [6.07, 6.45) is 12.0. The van der Waals surface area contributed by atoms with Crippen LogP contribution in [0.3, 0.4) is 0 Å². The van der Waals surface area contributed by atoms with E-state index in [1.807, 2.05) is 10.8 Å². The van der Waals surface area contributed by atoms with Crippen LogP contribution in [0.4, 0.5) is 0 Å². The van der Waals surface area contributed by atoms with Crippen molar-refractivity contribution in [3.63, 3.8) is 0 Å². The van der Waals surface area contributed by atoms with E-state index in [4.69, 9.17) is 0 Å². The van der Waals surface area contributed by atoms with Crippen molar-refractivity contribution in [2.75, 3.05) is 6.26 Å². The predicted molar refractivity (Wildman–Crippen MR) is 56.7 cm³/mol. The van der Waals surface area contributed by atoms with Gasteiger partial charge in [0.05, 0.1) is 0 Å². The lowest BCUT2D eigenvalue weighted by Crippen LogP contribution is -1.64. The third kappa shape index (κ3) is 3.21. The highest BCUT2D eigenvalue weighted by atomic mass is 33.1. The zero-order chi connectivity index (χ0) is 8.10. The molecule has 0 aromatic carbocycles. The van der Waals surface area contributed by atoms with E-state index in [-0.39, 0.29) is 0 Å². The first-order valence-electron chi connectivity index (χ1n) is 3.58. The van der Waals surface area contributed by atoms with Gasteiger partial charge in [-0.1, -0.05) is 45.4 Å². The molecule has 1 aliphatic rings. The van der Waals surface area contributed by atoms with Crippen LogP contribution in [0.2, 0.25) is 0 Å². The van der Waals surface area contributed by atoms with E-state index >= 15 is 0 Å². The normalized spacial score (nSPS) is 17.3. The van der Waals surface area contributed by atoms with Gasteiger partial charge in [-0.2, -0.15) is 0 Å². The van der Waals surface area contributed by atoms with Gasteiger partial charge >= 0.3 is 0 Å². The molecule has 1 rings (SSSR count). The molecule has 0 radical (unpaired) electrons. The topological polar surface area (TPSA) is 0 Å². The van der Waals surface area contributed by atoms with Gasteiger partial charge in [-0.15, -0.1) is 0 Å². The molecular weight excluding hydrogens is 172 g/mol. The fraction of sp³-hybridized carbons (Fsp3) is 0.333. The maximum Gasteiger partial charge on any atom is 0.0146 e. The Morgan fingerprint density at radius 3 is 2.82 bits per heavy atom. The van der Waals surface area contributed by atoms with Gasteiger partial charge in [0, 0.05) is 4.91 Å². The summed E-state index contributed by atoms with van der Waals surface area (Å²) in [5.41, 5.74) is 1.36. The molecule has 11 heavy (non-hydrogen) atoms. The van der Waals surface area contributed by atoms with Gasteiger partial charge in [0.25, 0.3) is 0 Å². The maximum absolute atomic E-state index is 2.26. The maximum atomic E-state index is 2.26. The Hall–Kier alpha value is -0.0800. The number of allylic oxidation sites excluding steroid dienone is 5. The molecule has 0 aliphatic heterocycles. The lowest BCUT2D eigenvalue weighted by Gasteiger charge is -1.94. The van der Waals surface area contributed by atoms with Crippen molar-refractivity contribution in [2.45, 2.75) is 13.3 Å². The van der Waals surface area contributed by atoms with Crippen molar-refractivity contribution >= 4 is 21.6 Å². The molecule has 2 heteroatoms. The summed E-state index contributed by atoms with van der Waals surface area (Å²) in [6.45, 7) is 2.14. The average molecular weight is 184 g/mol. The molecule has 0 atom stereocenters.